The number of nitrogens with one attached hydrogen (secondary N) is 1. The number of thiazole rings is 1. The molecule has 1 aromatic heterocycles. The summed E-state index contributed by atoms with van der Waals surface area (Å²) in [7, 11) is 0. The molecule has 0 unspecified atom stereocenters. The van der Waals surface area contributed by atoms with Crippen LogP contribution in [0.1, 0.15) is 24.6 Å². The van der Waals surface area contributed by atoms with E-state index in [1.54, 1.807) is 11.3 Å². The Morgan fingerprint density at radius 2 is 2.31 bits per heavy atom. The summed E-state index contributed by atoms with van der Waals surface area (Å²) in [5.74, 6) is 0.883. The average Bonchev–Trinajstić information content (AvgIpc) is 2.82. The van der Waals surface area contributed by atoms with Gasteiger partial charge in [-0.1, -0.05) is 6.92 Å². The predicted octanol–water partition coefficient (Wildman–Crippen LogP) is 1.96. The molecule has 2 heterocycles. The Morgan fingerprint density at radius 1 is 1.50 bits per heavy atom. The van der Waals surface area contributed by atoms with Crippen molar-refractivity contribution in [2.24, 2.45) is 5.92 Å². The number of aromatic nitrogens is 1. The van der Waals surface area contributed by atoms with Crippen molar-refractivity contribution in [2.75, 3.05) is 26.2 Å². The molecule has 0 bridgehead atoms. The lowest BCUT2D eigenvalue weighted by Crippen LogP contribution is -2.35. The Morgan fingerprint density at radius 3 is 2.94 bits per heavy atom. The normalized spacial score (nSPS) is 18.1. The maximum absolute atomic E-state index is 4.14. The first-order valence-corrected chi connectivity index (χ1v) is 7.07. The second kappa shape index (κ2) is 6.33. The molecule has 0 spiro atoms. The lowest BCUT2D eigenvalue weighted by atomic mass is 9.97. The fraction of sp³-hybridized carbons (Fsp3) is 0.750. The Labute approximate surface area is 102 Å². The summed E-state index contributed by atoms with van der Waals surface area (Å²) in [6.45, 7) is 8.11. The third-order valence-corrected chi connectivity index (χ3v) is 4.05. The second-order valence-corrected chi connectivity index (χ2v) is 5.46. The maximum Gasteiger partial charge on any atom is 0.0794 e. The Kier molecular flexibility index (Phi) is 4.75. The van der Waals surface area contributed by atoms with Crippen LogP contribution in [0.2, 0.25) is 0 Å². The van der Waals surface area contributed by atoms with Crippen LogP contribution >= 0.6 is 11.3 Å². The van der Waals surface area contributed by atoms with Crippen molar-refractivity contribution in [3.05, 3.63) is 16.6 Å². The zero-order valence-corrected chi connectivity index (χ0v) is 10.8. The van der Waals surface area contributed by atoms with E-state index < -0.39 is 0 Å². The van der Waals surface area contributed by atoms with Gasteiger partial charge >= 0.3 is 0 Å². The van der Waals surface area contributed by atoms with Crippen LogP contribution in [0.4, 0.5) is 0 Å². The van der Waals surface area contributed by atoms with Gasteiger partial charge in [-0.15, -0.1) is 11.3 Å². The van der Waals surface area contributed by atoms with Gasteiger partial charge in [-0.05, 0) is 38.4 Å². The Balaban J connectivity index is 1.80. The third kappa shape index (κ3) is 3.54. The summed E-state index contributed by atoms with van der Waals surface area (Å²) < 4.78 is 0. The molecular formula is C12H21N3S. The zero-order chi connectivity index (χ0) is 11.2. The highest BCUT2D eigenvalue weighted by Gasteiger charge is 2.16. The predicted molar refractivity (Wildman–Crippen MR) is 68.7 cm³/mol. The Bertz CT molecular complexity index is 280. The van der Waals surface area contributed by atoms with Crippen LogP contribution < -0.4 is 5.32 Å². The minimum atomic E-state index is 0.883. The molecule has 0 aliphatic carbocycles. The van der Waals surface area contributed by atoms with E-state index >= 15 is 0 Å². The van der Waals surface area contributed by atoms with Gasteiger partial charge in [0, 0.05) is 24.2 Å². The van der Waals surface area contributed by atoms with Crippen molar-refractivity contribution in [3.63, 3.8) is 0 Å². The van der Waals surface area contributed by atoms with Gasteiger partial charge in [0.2, 0.25) is 0 Å². The summed E-state index contributed by atoms with van der Waals surface area (Å²) >= 11 is 1.76. The summed E-state index contributed by atoms with van der Waals surface area (Å²) in [6, 6.07) is 0. The molecule has 1 N–H and O–H groups in total. The molecule has 16 heavy (non-hydrogen) atoms. The molecule has 1 saturated heterocycles. The van der Waals surface area contributed by atoms with Crippen LogP contribution in [0.15, 0.2) is 11.7 Å². The van der Waals surface area contributed by atoms with Crippen molar-refractivity contribution in [2.45, 2.75) is 26.3 Å². The number of hydrogen-bond donors (Lipinski definition) is 1. The first-order chi connectivity index (χ1) is 7.88. The number of nitrogens with zero attached hydrogens (tertiary/aromatic N) is 2. The number of rotatable bonds is 5. The van der Waals surface area contributed by atoms with Gasteiger partial charge in [0.05, 0.1) is 5.51 Å². The van der Waals surface area contributed by atoms with Gasteiger partial charge < -0.3 is 5.32 Å². The lowest BCUT2D eigenvalue weighted by Gasteiger charge is -2.28. The molecule has 4 heteroatoms. The molecule has 0 atom stereocenters. The molecule has 2 rings (SSSR count). The van der Waals surface area contributed by atoms with E-state index in [4.69, 9.17) is 0 Å². The monoisotopic (exact) mass is 239 g/mol. The van der Waals surface area contributed by atoms with Crippen molar-refractivity contribution in [1.29, 1.82) is 0 Å². The van der Waals surface area contributed by atoms with Crippen LogP contribution in [0.3, 0.4) is 0 Å². The summed E-state index contributed by atoms with van der Waals surface area (Å²) in [6.07, 6.45) is 4.66. The van der Waals surface area contributed by atoms with Crippen molar-refractivity contribution in [1.82, 2.24) is 15.2 Å². The topological polar surface area (TPSA) is 28.2 Å². The molecular weight excluding hydrogens is 218 g/mol. The minimum absolute atomic E-state index is 0.883. The van der Waals surface area contributed by atoms with E-state index in [-0.39, 0.29) is 0 Å². The van der Waals surface area contributed by atoms with Crippen LogP contribution in [-0.2, 0) is 6.54 Å². The van der Waals surface area contributed by atoms with E-state index in [1.807, 2.05) is 11.7 Å². The first kappa shape index (κ1) is 12.0. The van der Waals surface area contributed by atoms with E-state index in [0.717, 1.165) is 19.0 Å². The van der Waals surface area contributed by atoms with Gasteiger partial charge in [0.1, 0.15) is 0 Å². The summed E-state index contributed by atoms with van der Waals surface area (Å²) in [4.78, 5) is 8.07. The summed E-state index contributed by atoms with van der Waals surface area (Å²) in [5.41, 5.74) is 1.92. The first-order valence-electron chi connectivity index (χ1n) is 6.19. The van der Waals surface area contributed by atoms with E-state index in [2.05, 4.69) is 22.1 Å². The van der Waals surface area contributed by atoms with Gasteiger partial charge in [-0.2, -0.15) is 0 Å². The fourth-order valence-electron chi connectivity index (χ4n) is 2.28. The standard InChI is InChI=1S/C12H21N3S/c1-2-15(9-12-7-14-10-16-12)8-11-3-5-13-6-4-11/h7,10-11,13H,2-6,8-9H2,1H3. The highest BCUT2D eigenvalue weighted by Crippen LogP contribution is 2.16. The average molecular weight is 239 g/mol. The molecule has 0 saturated carbocycles. The highest BCUT2D eigenvalue weighted by molar-refractivity contribution is 7.09. The van der Waals surface area contributed by atoms with E-state index in [0.29, 0.717) is 0 Å². The van der Waals surface area contributed by atoms with Crippen LogP contribution in [-0.4, -0.2) is 36.1 Å². The van der Waals surface area contributed by atoms with Crippen molar-refractivity contribution < 1.29 is 0 Å². The van der Waals surface area contributed by atoms with Gasteiger partial charge in [-0.3, -0.25) is 9.88 Å². The zero-order valence-electron chi connectivity index (χ0n) is 9.98. The smallest absolute Gasteiger partial charge is 0.0794 e. The molecule has 3 nitrogen and oxygen atoms in total. The molecule has 1 aliphatic rings. The largest absolute Gasteiger partial charge is 0.317 e. The SMILES string of the molecule is CCN(Cc1cncs1)CC1CCNCC1. The Hall–Kier alpha value is -0.450. The quantitative estimate of drug-likeness (QED) is 0.851. The number of hydrogen-bond acceptors (Lipinski definition) is 4. The molecule has 0 aromatic carbocycles. The van der Waals surface area contributed by atoms with Crippen LogP contribution in [0, 0.1) is 5.92 Å². The van der Waals surface area contributed by atoms with Gasteiger partial charge in [-0.25, -0.2) is 0 Å². The third-order valence-electron chi connectivity index (χ3n) is 3.29. The lowest BCUT2D eigenvalue weighted by molar-refractivity contribution is 0.208. The molecule has 0 radical (unpaired) electrons. The van der Waals surface area contributed by atoms with Gasteiger partial charge in [0.25, 0.3) is 0 Å². The molecule has 1 aliphatic heterocycles. The maximum atomic E-state index is 4.14. The van der Waals surface area contributed by atoms with Crippen LogP contribution in [0.25, 0.3) is 0 Å². The fourth-order valence-corrected chi connectivity index (χ4v) is 2.91. The number of piperidine rings is 1. The van der Waals surface area contributed by atoms with E-state index in [1.165, 1.54) is 37.4 Å². The molecule has 90 valence electrons. The second-order valence-electron chi connectivity index (χ2n) is 4.49. The highest BCUT2D eigenvalue weighted by atomic mass is 32.1. The van der Waals surface area contributed by atoms with Crippen molar-refractivity contribution >= 4 is 11.3 Å². The van der Waals surface area contributed by atoms with Crippen LogP contribution in [0.5, 0.6) is 0 Å². The minimum Gasteiger partial charge on any atom is -0.317 e. The van der Waals surface area contributed by atoms with Crippen molar-refractivity contribution in [3.8, 4) is 0 Å². The molecule has 1 fully saturated rings. The van der Waals surface area contributed by atoms with Gasteiger partial charge in [0.15, 0.2) is 0 Å². The molecule has 0 amide bonds. The summed E-state index contributed by atoms with van der Waals surface area (Å²) in [5, 5.41) is 3.43. The molecule has 1 aromatic rings. The van der Waals surface area contributed by atoms with E-state index in [9.17, 15) is 0 Å².